The van der Waals surface area contributed by atoms with Crippen molar-refractivity contribution < 1.29 is 4.79 Å². The Morgan fingerprint density at radius 2 is 2.14 bits per heavy atom. The maximum atomic E-state index is 11.0. The molecule has 2 rings (SSSR count). The first kappa shape index (κ1) is 9.42. The van der Waals surface area contributed by atoms with Crippen molar-refractivity contribution in [3.8, 4) is 6.07 Å². The third-order valence-electron chi connectivity index (χ3n) is 2.77. The second kappa shape index (κ2) is 2.93. The highest BCUT2D eigenvalue weighted by Crippen LogP contribution is 2.44. The Balaban J connectivity index is 2.44. The average Bonchev–Trinajstić information content (AvgIpc) is 2.40. The lowest BCUT2D eigenvalue weighted by atomic mass is 9.65. The molecular formula is C11H11NOS. The summed E-state index contributed by atoms with van der Waals surface area (Å²) in [5, 5.41) is 9.14. The number of carbonyl (C=O) groups excluding carboxylic acids is 1. The molecule has 0 bridgehead atoms. The first-order valence-corrected chi connectivity index (χ1v) is 5.39. The fraction of sp³-hybridized carbons (Fsp3) is 0.455. The highest BCUT2D eigenvalue weighted by atomic mass is 32.1. The molecule has 0 atom stereocenters. The third kappa shape index (κ3) is 1.18. The summed E-state index contributed by atoms with van der Waals surface area (Å²) in [5.74, 6) is 0.204. The van der Waals surface area contributed by atoms with E-state index in [2.05, 4.69) is 12.1 Å². The number of carbonyl (C=O) groups is 1. The molecule has 3 heteroatoms. The minimum Gasteiger partial charge on any atom is -0.300 e. The molecule has 0 unspecified atom stereocenters. The molecule has 14 heavy (non-hydrogen) atoms. The van der Waals surface area contributed by atoms with Gasteiger partial charge in [0.2, 0.25) is 0 Å². The van der Waals surface area contributed by atoms with Crippen LogP contribution < -0.4 is 0 Å². The van der Waals surface area contributed by atoms with Crippen LogP contribution in [0.3, 0.4) is 0 Å². The molecule has 0 radical (unpaired) electrons. The Morgan fingerprint density at radius 1 is 1.50 bits per heavy atom. The van der Waals surface area contributed by atoms with Gasteiger partial charge in [0.25, 0.3) is 0 Å². The molecular weight excluding hydrogens is 194 g/mol. The van der Waals surface area contributed by atoms with Gasteiger partial charge in [-0.05, 0) is 25.5 Å². The predicted molar refractivity (Wildman–Crippen MR) is 55.3 cm³/mol. The van der Waals surface area contributed by atoms with E-state index in [1.54, 1.807) is 11.3 Å². The number of thiophene rings is 1. The standard InChI is InChI=1S/C11H11NOS/c1-7-3-10(8(2)14-7)11(6-12)4-9(13)5-11/h3H,4-5H2,1-2H3. The Kier molecular flexibility index (Phi) is 1.97. The van der Waals surface area contributed by atoms with Crippen molar-refractivity contribution in [3.05, 3.63) is 21.4 Å². The molecule has 1 heterocycles. The van der Waals surface area contributed by atoms with Crippen LogP contribution in [0.1, 0.15) is 28.2 Å². The van der Waals surface area contributed by atoms with Gasteiger partial charge in [-0.15, -0.1) is 11.3 Å². The van der Waals surface area contributed by atoms with E-state index in [1.807, 2.05) is 13.8 Å². The number of Topliss-reactive ketones (excluding diaryl/α,β-unsaturated/α-hetero) is 1. The fourth-order valence-electron chi connectivity index (χ4n) is 2.06. The summed E-state index contributed by atoms with van der Waals surface area (Å²) >= 11 is 1.70. The van der Waals surface area contributed by atoms with Gasteiger partial charge in [0.15, 0.2) is 0 Å². The van der Waals surface area contributed by atoms with E-state index in [-0.39, 0.29) is 5.78 Å². The molecule has 1 aromatic heterocycles. The number of nitrogens with zero attached hydrogens (tertiary/aromatic N) is 1. The van der Waals surface area contributed by atoms with Crippen molar-refractivity contribution in [1.29, 1.82) is 5.26 Å². The Hall–Kier alpha value is -1.14. The lowest BCUT2D eigenvalue weighted by molar-refractivity contribution is -0.126. The van der Waals surface area contributed by atoms with Crippen LogP contribution in [-0.4, -0.2) is 5.78 Å². The SMILES string of the molecule is Cc1cc(C2(C#N)CC(=O)C2)c(C)s1. The van der Waals surface area contributed by atoms with Crippen LogP contribution in [0.4, 0.5) is 0 Å². The quantitative estimate of drug-likeness (QED) is 0.706. The number of hydrogen-bond donors (Lipinski definition) is 0. The molecule has 0 spiro atoms. The van der Waals surface area contributed by atoms with Gasteiger partial charge in [0, 0.05) is 22.6 Å². The van der Waals surface area contributed by atoms with E-state index in [4.69, 9.17) is 5.26 Å². The highest BCUT2D eigenvalue weighted by Gasteiger charge is 2.46. The summed E-state index contributed by atoms with van der Waals surface area (Å²) < 4.78 is 0. The van der Waals surface area contributed by atoms with Crippen LogP contribution in [0.5, 0.6) is 0 Å². The molecule has 1 aromatic rings. The van der Waals surface area contributed by atoms with E-state index in [0.717, 1.165) is 5.56 Å². The van der Waals surface area contributed by atoms with Crippen LogP contribution in [-0.2, 0) is 10.2 Å². The molecule has 1 fully saturated rings. The molecule has 0 aromatic carbocycles. The van der Waals surface area contributed by atoms with Gasteiger partial charge in [-0.2, -0.15) is 5.26 Å². The van der Waals surface area contributed by atoms with Gasteiger partial charge in [-0.3, -0.25) is 4.79 Å². The molecule has 1 aliphatic carbocycles. The minimum atomic E-state index is -0.494. The maximum absolute atomic E-state index is 11.0. The lowest BCUT2D eigenvalue weighted by Crippen LogP contribution is -2.40. The van der Waals surface area contributed by atoms with Crippen molar-refractivity contribution in [3.63, 3.8) is 0 Å². The van der Waals surface area contributed by atoms with Crippen molar-refractivity contribution in [2.45, 2.75) is 32.1 Å². The summed E-state index contributed by atoms with van der Waals surface area (Å²) in [6.07, 6.45) is 0.807. The predicted octanol–water partition coefficient (Wildman–Crippen LogP) is 2.49. The van der Waals surface area contributed by atoms with Gasteiger partial charge in [-0.25, -0.2) is 0 Å². The minimum absolute atomic E-state index is 0.204. The number of nitriles is 1. The molecule has 1 saturated carbocycles. The van der Waals surface area contributed by atoms with Crippen LogP contribution in [0.2, 0.25) is 0 Å². The van der Waals surface area contributed by atoms with Gasteiger partial charge in [-0.1, -0.05) is 0 Å². The lowest BCUT2D eigenvalue weighted by Gasteiger charge is -2.33. The van der Waals surface area contributed by atoms with Gasteiger partial charge >= 0.3 is 0 Å². The number of rotatable bonds is 1. The van der Waals surface area contributed by atoms with E-state index >= 15 is 0 Å². The smallest absolute Gasteiger partial charge is 0.136 e. The molecule has 0 saturated heterocycles. The van der Waals surface area contributed by atoms with Crippen molar-refractivity contribution in [2.24, 2.45) is 0 Å². The summed E-state index contributed by atoms with van der Waals surface area (Å²) in [6.45, 7) is 4.06. The largest absolute Gasteiger partial charge is 0.300 e. The number of aryl methyl sites for hydroxylation is 2. The first-order chi connectivity index (χ1) is 6.57. The number of ketones is 1. The summed E-state index contributed by atoms with van der Waals surface area (Å²) in [4.78, 5) is 13.4. The van der Waals surface area contributed by atoms with Crippen LogP contribution in [0.25, 0.3) is 0 Å². The average molecular weight is 205 g/mol. The Morgan fingerprint density at radius 3 is 2.50 bits per heavy atom. The third-order valence-corrected chi connectivity index (χ3v) is 3.73. The van der Waals surface area contributed by atoms with Crippen molar-refractivity contribution in [2.75, 3.05) is 0 Å². The van der Waals surface area contributed by atoms with E-state index in [1.165, 1.54) is 9.75 Å². The Labute approximate surface area is 87.2 Å². The zero-order chi connectivity index (χ0) is 10.3. The molecule has 1 aliphatic rings. The second-order valence-electron chi connectivity index (χ2n) is 3.91. The first-order valence-electron chi connectivity index (χ1n) is 4.58. The van der Waals surface area contributed by atoms with Crippen LogP contribution >= 0.6 is 11.3 Å². The number of hydrogen-bond acceptors (Lipinski definition) is 3. The topological polar surface area (TPSA) is 40.9 Å². The summed E-state index contributed by atoms with van der Waals surface area (Å²) in [7, 11) is 0. The van der Waals surface area contributed by atoms with Gasteiger partial charge in [0.05, 0.1) is 11.5 Å². The van der Waals surface area contributed by atoms with Crippen LogP contribution in [0.15, 0.2) is 6.07 Å². The molecule has 0 amide bonds. The zero-order valence-corrected chi connectivity index (χ0v) is 9.07. The fourth-order valence-corrected chi connectivity index (χ4v) is 3.08. The van der Waals surface area contributed by atoms with Gasteiger partial charge in [0.1, 0.15) is 5.78 Å². The second-order valence-corrected chi connectivity index (χ2v) is 5.37. The molecule has 0 N–H and O–H groups in total. The van der Waals surface area contributed by atoms with Crippen molar-refractivity contribution >= 4 is 17.1 Å². The van der Waals surface area contributed by atoms with Crippen LogP contribution in [0, 0.1) is 25.2 Å². The van der Waals surface area contributed by atoms with E-state index < -0.39 is 5.41 Å². The Bertz CT molecular complexity index is 431. The zero-order valence-electron chi connectivity index (χ0n) is 8.26. The molecule has 72 valence electrons. The van der Waals surface area contributed by atoms with Crippen molar-refractivity contribution in [1.82, 2.24) is 0 Å². The highest BCUT2D eigenvalue weighted by molar-refractivity contribution is 7.12. The van der Waals surface area contributed by atoms with E-state index in [0.29, 0.717) is 12.8 Å². The van der Waals surface area contributed by atoms with E-state index in [9.17, 15) is 4.79 Å². The maximum Gasteiger partial charge on any atom is 0.136 e. The molecule has 2 nitrogen and oxygen atoms in total. The normalized spacial score (nSPS) is 18.8. The summed E-state index contributed by atoms with van der Waals surface area (Å²) in [6, 6.07) is 4.35. The summed E-state index contributed by atoms with van der Waals surface area (Å²) in [5.41, 5.74) is 0.577. The monoisotopic (exact) mass is 205 g/mol. The molecule has 0 aliphatic heterocycles. The van der Waals surface area contributed by atoms with Gasteiger partial charge < -0.3 is 0 Å².